The van der Waals surface area contributed by atoms with Crippen molar-refractivity contribution < 1.29 is 23.9 Å². The van der Waals surface area contributed by atoms with E-state index in [4.69, 9.17) is 9.47 Å². The molecule has 3 aromatic carbocycles. The Hall–Kier alpha value is -4.66. The minimum atomic E-state index is -0.923. The van der Waals surface area contributed by atoms with Gasteiger partial charge < -0.3 is 20.1 Å². The fraction of sp³-hybridized carbons (Fsp3) is 0.185. The van der Waals surface area contributed by atoms with Crippen LogP contribution in [0.25, 0.3) is 0 Å². The summed E-state index contributed by atoms with van der Waals surface area (Å²) in [5, 5.41) is 9.17. The molecule has 186 valence electrons. The maximum atomic E-state index is 12.4. The highest BCUT2D eigenvalue weighted by molar-refractivity contribution is 6.39. The first-order valence-corrected chi connectivity index (χ1v) is 11.1. The highest BCUT2D eigenvalue weighted by atomic mass is 16.5. The van der Waals surface area contributed by atoms with Crippen molar-refractivity contribution in [3.8, 4) is 11.5 Å². The predicted octanol–water partition coefficient (Wildman–Crippen LogP) is 3.73. The molecule has 0 fully saturated rings. The summed E-state index contributed by atoms with van der Waals surface area (Å²) < 4.78 is 10.6. The fourth-order valence-electron chi connectivity index (χ4n) is 3.46. The summed E-state index contributed by atoms with van der Waals surface area (Å²) in [6, 6.07) is 17.4. The molecule has 0 aliphatic heterocycles. The van der Waals surface area contributed by atoms with Gasteiger partial charge in [-0.3, -0.25) is 14.4 Å². The molecule has 9 heteroatoms. The molecule has 3 rings (SSSR count). The number of carbonyl (C=O) groups excluding carboxylic acids is 3. The maximum absolute atomic E-state index is 12.4. The molecule has 3 amide bonds. The molecule has 0 saturated heterocycles. The van der Waals surface area contributed by atoms with Crippen molar-refractivity contribution in [2.75, 3.05) is 24.4 Å². The Labute approximate surface area is 209 Å². The van der Waals surface area contributed by atoms with Crippen LogP contribution in [0.2, 0.25) is 0 Å². The zero-order valence-electron chi connectivity index (χ0n) is 20.5. The average molecular weight is 489 g/mol. The smallest absolute Gasteiger partial charge is 0.329 e. The largest absolute Gasteiger partial charge is 0.497 e. The number of hydrogen-bond donors (Lipinski definition) is 3. The van der Waals surface area contributed by atoms with Crippen LogP contribution in [0.4, 0.5) is 11.4 Å². The molecular formula is C27H28N4O5. The zero-order chi connectivity index (χ0) is 26.1. The third-order valence-corrected chi connectivity index (χ3v) is 5.10. The summed E-state index contributed by atoms with van der Waals surface area (Å²) in [5.41, 5.74) is 7.11. The minimum Gasteiger partial charge on any atom is -0.497 e. The zero-order valence-corrected chi connectivity index (χ0v) is 20.5. The summed E-state index contributed by atoms with van der Waals surface area (Å²) in [6.07, 6.45) is 1.37. The number of hydrogen-bond acceptors (Lipinski definition) is 6. The van der Waals surface area contributed by atoms with E-state index in [-0.39, 0.29) is 12.5 Å². The summed E-state index contributed by atoms with van der Waals surface area (Å²) in [6.45, 7) is 5.73. The summed E-state index contributed by atoms with van der Waals surface area (Å²) in [5.74, 6) is -0.980. The summed E-state index contributed by atoms with van der Waals surface area (Å²) >= 11 is 0. The quantitative estimate of drug-likeness (QED) is 0.254. The molecule has 0 aliphatic rings. The Balaban J connectivity index is 1.49. The lowest BCUT2D eigenvalue weighted by Gasteiger charge is -2.13. The molecule has 0 saturated carbocycles. The number of hydrazone groups is 1. The number of aryl methyl sites for hydroxylation is 3. The van der Waals surface area contributed by atoms with Gasteiger partial charge in [0.15, 0.2) is 6.61 Å². The van der Waals surface area contributed by atoms with Crippen LogP contribution in [0.3, 0.4) is 0 Å². The number of nitrogens with one attached hydrogen (secondary N) is 3. The third-order valence-electron chi connectivity index (χ3n) is 5.10. The van der Waals surface area contributed by atoms with Crippen molar-refractivity contribution in [1.82, 2.24) is 5.43 Å². The molecule has 0 radical (unpaired) electrons. The third kappa shape index (κ3) is 7.42. The first-order valence-electron chi connectivity index (χ1n) is 11.1. The number of methoxy groups -OCH3 is 1. The van der Waals surface area contributed by atoms with Crippen molar-refractivity contribution in [3.63, 3.8) is 0 Å². The molecule has 3 N–H and O–H groups in total. The Morgan fingerprint density at radius 2 is 1.56 bits per heavy atom. The van der Waals surface area contributed by atoms with Crippen molar-refractivity contribution in [2.45, 2.75) is 20.8 Å². The lowest BCUT2D eigenvalue weighted by Crippen LogP contribution is -2.32. The highest BCUT2D eigenvalue weighted by Crippen LogP contribution is 2.22. The van der Waals surface area contributed by atoms with Gasteiger partial charge in [0.25, 0.3) is 5.91 Å². The van der Waals surface area contributed by atoms with Crippen molar-refractivity contribution in [2.24, 2.45) is 5.10 Å². The first-order chi connectivity index (χ1) is 17.2. The number of benzene rings is 3. The van der Waals surface area contributed by atoms with Crippen LogP contribution < -0.4 is 25.5 Å². The lowest BCUT2D eigenvalue weighted by molar-refractivity contribution is -0.136. The Bertz CT molecular complexity index is 1260. The Morgan fingerprint density at radius 3 is 2.22 bits per heavy atom. The number of ether oxygens (including phenoxy) is 2. The van der Waals surface area contributed by atoms with E-state index >= 15 is 0 Å². The van der Waals surface area contributed by atoms with Crippen LogP contribution in [0.1, 0.15) is 22.3 Å². The van der Waals surface area contributed by atoms with E-state index in [1.54, 1.807) is 48.5 Å². The number of amides is 3. The molecular weight excluding hydrogens is 460 g/mol. The van der Waals surface area contributed by atoms with Gasteiger partial charge in [-0.25, -0.2) is 5.43 Å². The molecule has 0 bridgehead atoms. The van der Waals surface area contributed by atoms with Gasteiger partial charge in [-0.2, -0.15) is 5.10 Å². The second kappa shape index (κ2) is 12.2. The van der Waals surface area contributed by atoms with Gasteiger partial charge in [0.1, 0.15) is 11.5 Å². The number of rotatable bonds is 8. The van der Waals surface area contributed by atoms with E-state index in [1.807, 2.05) is 32.9 Å². The van der Waals surface area contributed by atoms with E-state index < -0.39 is 11.8 Å². The average Bonchev–Trinajstić information content (AvgIpc) is 2.85. The van der Waals surface area contributed by atoms with Gasteiger partial charge in [-0.05, 0) is 73.9 Å². The van der Waals surface area contributed by atoms with Crippen LogP contribution in [-0.4, -0.2) is 37.7 Å². The molecule has 0 aromatic heterocycles. The molecule has 36 heavy (non-hydrogen) atoms. The summed E-state index contributed by atoms with van der Waals surface area (Å²) in [4.78, 5) is 36.4. The van der Waals surface area contributed by atoms with Crippen LogP contribution >= 0.6 is 0 Å². The van der Waals surface area contributed by atoms with Gasteiger partial charge in [-0.1, -0.05) is 29.8 Å². The first kappa shape index (κ1) is 26.0. The van der Waals surface area contributed by atoms with Gasteiger partial charge >= 0.3 is 11.8 Å². The topological polar surface area (TPSA) is 118 Å². The van der Waals surface area contributed by atoms with Gasteiger partial charge in [0, 0.05) is 11.4 Å². The second-order valence-electron chi connectivity index (χ2n) is 8.06. The summed E-state index contributed by atoms with van der Waals surface area (Å²) in [7, 11) is 1.53. The molecule has 0 heterocycles. The van der Waals surface area contributed by atoms with Crippen molar-refractivity contribution in [1.29, 1.82) is 0 Å². The van der Waals surface area contributed by atoms with Gasteiger partial charge in [0.2, 0.25) is 0 Å². The molecule has 0 atom stereocenters. The fourth-order valence-corrected chi connectivity index (χ4v) is 3.46. The van der Waals surface area contributed by atoms with E-state index in [9.17, 15) is 14.4 Å². The molecule has 0 aliphatic carbocycles. The normalized spacial score (nSPS) is 10.6. The molecule has 0 unspecified atom stereocenters. The van der Waals surface area contributed by atoms with E-state index in [1.165, 1.54) is 13.3 Å². The van der Waals surface area contributed by atoms with Crippen LogP contribution in [0.15, 0.2) is 65.8 Å². The maximum Gasteiger partial charge on any atom is 0.329 e. The van der Waals surface area contributed by atoms with Crippen molar-refractivity contribution in [3.05, 3.63) is 82.9 Å². The van der Waals surface area contributed by atoms with E-state index in [2.05, 4.69) is 21.2 Å². The van der Waals surface area contributed by atoms with E-state index in [0.717, 1.165) is 22.4 Å². The number of carbonyl (C=O) groups is 3. The van der Waals surface area contributed by atoms with Crippen molar-refractivity contribution >= 4 is 35.3 Å². The Kier molecular flexibility index (Phi) is 8.77. The van der Waals surface area contributed by atoms with Gasteiger partial charge in [0.05, 0.1) is 13.3 Å². The predicted molar refractivity (Wildman–Crippen MR) is 139 cm³/mol. The monoisotopic (exact) mass is 488 g/mol. The lowest BCUT2D eigenvalue weighted by atomic mass is 10.1. The Morgan fingerprint density at radius 1 is 0.861 bits per heavy atom. The standard InChI is InChI=1S/C27H28N4O5/c1-17-12-18(2)25(19(3)13-17)30-24(32)16-36-23-7-5-6-20(14-23)15-28-31-27(34)26(33)29-21-8-10-22(35-4)11-9-21/h5-15H,16H2,1-4H3,(H,29,33)(H,30,32)(H,31,34)/b28-15-. The molecule has 3 aromatic rings. The molecule has 0 spiro atoms. The SMILES string of the molecule is COc1ccc(NC(=O)C(=O)N/N=C\c2cccc(OCC(=O)Nc3c(C)cc(C)cc3C)c2)cc1. The minimum absolute atomic E-state index is 0.171. The second-order valence-corrected chi connectivity index (χ2v) is 8.06. The van der Waals surface area contributed by atoms with Crippen LogP contribution in [0.5, 0.6) is 11.5 Å². The highest BCUT2D eigenvalue weighted by Gasteiger charge is 2.13. The number of anilines is 2. The number of nitrogens with zero attached hydrogens (tertiary/aromatic N) is 1. The van der Waals surface area contributed by atoms with Crippen LogP contribution in [0, 0.1) is 20.8 Å². The molecule has 9 nitrogen and oxygen atoms in total. The van der Waals surface area contributed by atoms with Crippen LogP contribution in [-0.2, 0) is 14.4 Å². The van der Waals surface area contributed by atoms with Gasteiger partial charge in [-0.15, -0.1) is 0 Å². The van der Waals surface area contributed by atoms with E-state index in [0.29, 0.717) is 22.7 Å².